The Hall–Kier alpha value is -3.92. The normalized spacial score (nSPS) is 11.8. The van der Waals surface area contributed by atoms with Crippen LogP contribution in [-0.2, 0) is 0 Å². The number of H-pyrrole nitrogens is 1. The number of aromatic nitrogens is 2. The number of benzene rings is 4. The third-order valence-electron chi connectivity index (χ3n) is 6.38. The van der Waals surface area contributed by atoms with Gasteiger partial charge in [0.05, 0.1) is 30.8 Å². The van der Waals surface area contributed by atoms with Crippen LogP contribution < -0.4 is 9.47 Å². The van der Waals surface area contributed by atoms with Gasteiger partial charge in [0.1, 0.15) is 11.5 Å². The molecule has 0 fully saturated rings. The van der Waals surface area contributed by atoms with Crippen LogP contribution in [0.5, 0.6) is 11.5 Å². The van der Waals surface area contributed by atoms with E-state index in [1.165, 1.54) is 38.2 Å². The SMILES string of the molecule is COc1cc(C)cc2c1[nH]c1ccc(-n3c4ccccc4c4cc(C)cc(OC)c43)cc12. The summed E-state index contributed by atoms with van der Waals surface area (Å²) >= 11 is 0. The van der Waals surface area contributed by atoms with E-state index >= 15 is 0 Å². The zero-order chi connectivity index (χ0) is 22.0. The molecule has 0 atom stereocenters. The lowest BCUT2D eigenvalue weighted by atomic mass is 10.1. The molecule has 0 saturated carbocycles. The second kappa shape index (κ2) is 6.79. The number of methoxy groups -OCH3 is 2. The van der Waals surface area contributed by atoms with Crippen LogP contribution >= 0.6 is 0 Å². The zero-order valence-electron chi connectivity index (χ0n) is 18.6. The Kier molecular flexibility index (Phi) is 3.99. The maximum absolute atomic E-state index is 5.85. The first-order valence-corrected chi connectivity index (χ1v) is 10.8. The van der Waals surface area contributed by atoms with Crippen molar-refractivity contribution < 1.29 is 9.47 Å². The van der Waals surface area contributed by atoms with E-state index in [0.29, 0.717) is 0 Å². The molecule has 4 aromatic carbocycles. The second-order valence-corrected chi connectivity index (χ2v) is 8.46. The molecule has 0 aliphatic carbocycles. The second-order valence-electron chi connectivity index (χ2n) is 8.46. The Bertz CT molecular complexity index is 1670. The summed E-state index contributed by atoms with van der Waals surface area (Å²) in [5.74, 6) is 1.75. The predicted octanol–water partition coefficient (Wildman–Crippen LogP) is 7.05. The van der Waals surface area contributed by atoms with Gasteiger partial charge in [-0.2, -0.15) is 0 Å². The monoisotopic (exact) mass is 420 g/mol. The molecular formula is C28H24N2O2. The third kappa shape index (κ3) is 2.56. The molecule has 2 heterocycles. The Balaban J connectivity index is 1.74. The molecule has 2 aromatic heterocycles. The van der Waals surface area contributed by atoms with E-state index in [1.807, 2.05) is 0 Å². The minimum Gasteiger partial charge on any atom is -0.495 e. The van der Waals surface area contributed by atoms with E-state index in [2.05, 4.69) is 90.1 Å². The number of para-hydroxylation sites is 1. The first-order chi connectivity index (χ1) is 15.6. The molecule has 0 spiro atoms. The fourth-order valence-corrected chi connectivity index (χ4v) is 5.02. The van der Waals surface area contributed by atoms with Gasteiger partial charge in [-0.25, -0.2) is 0 Å². The summed E-state index contributed by atoms with van der Waals surface area (Å²) in [4.78, 5) is 3.54. The van der Waals surface area contributed by atoms with Gasteiger partial charge in [0.25, 0.3) is 0 Å². The highest BCUT2D eigenvalue weighted by Crippen LogP contribution is 2.40. The average molecular weight is 421 g/mol. The molecule has 6 aromatic rings. The van der Waals surface area contributed by atoms with Crippen LogP contribution in [0.4, 0.5) is 0 Å². The number of aromatic amines is 1. The zero-order valence-corrected chi connectivity index (χ0v) is 18.6. The van der Waals surface area contributed by atoms with Crippen molar-refractivity contribution in [1.29, 1.82) is 0 Å². The number of nitrogens with one attached hydrogen (secondary N) is 1. The van der Waals surface area contributed by atoms with Crippen LogP contribution in [0.15, 0.2) is 66.7 Å². The molecule has 0 bridgehead atoms. The molecule has 0 saturated heterocycles. The number of ether oxygens (including phenoxy) is 2. The Morgan fingerprint density at radius 1 is 0.688 bits per heavy atom. The largest absolute Gasteiger partial charge is 0.495 e. The molecule has 0 aliphatic heterocycles. The summed E-state index contributed by atoms with van der Waals surface area (Å²) in [6.07, 6.45) is 0. The lowest BCUT2D eigenvalue weighted by molar-refractivity contribution is 0.418. The Labute approximate surface area is 186 Å². The molecule has 0 unspecified atom stereocenters. The van der Waals surface area contributed by atoms with Gasteiger partial charge in [0, 0.05) is 32.7 Å². The van der Waals surface area contributed by atoms with Crippen molar-refractivity contribution >= 4 is 43.6 Å². The van der Waals surface area contributed by atoms with Gasteiger partial charge in [-0.1, -0.05) is 18.2 Å². The molecule has 158 valence electrons. The molecule has 4 nitrogen and oxygen atoms in total. The van der Waals surface area contributed by atoms with Crippen molar-refractivity contribution in [1.82, 2.24) is 9.55 Å². The third-order valence-corrected chi connectivity index (χ3v) is 6.38. The summed E-state index contributed by atoms with van der Waals surface area (Å²) in [5.41, 5.74) is 7.84. The predicted molar refractivity (Wildman–Crippen MR) is 133 cm³/mol. The topological polar surface area (TPSA) is 39.2 Å². The molecule has 0 amide bonds. The van der Waals surface area contributed by atoms with E-state index < -0.39 is 0 Å². The summed E-state index contributed by atoms with van der Waals surface area (Å²) in [6, 6.07) is 23.8. The average Bonchev–Trinajstić information content (AvgIpc) is 3.33. The molecule has 4 heteroatoms. The van der Waals surface area contributed by atoms with E-state index in [4.69, 9.17) is 9.47 Å². The minimum atomic E-state index is 0.867. The maximum Gasteiger partial charge on any atom is 0.143 e. The number of fused-ring (bicyclic) bond motifs is 6. The van der Waals surface area contributed by atoms with Crippen molar-refractivity contribution in [2.45, 2.75) is 13.8 Å². The molecule has 0 radical (unpaired) electrons. The number of aryl methyl sites for hydroxylation is 2. The summed E-state index contributed by atoms with van der Waals surface area (Å²) in [5, 5.41) is 4.77. The van der Waals surface area contributed by atoms with Crippen LogP contribution in [0.1, 0.15) is 11.1 Å². The summed E-state index contributed by atoms with van der Waals surface area (Å²) in [6.45, 7) is 4.21. The van der Waals surface area contributed by atoms with E-state index in [9.17, 15) is 0 Å². The van der Waals surface area contributed by atoms with Crippen LogP contribution in [0.25, 0.3) is 49.3 Å². The van der Waals surface area contributed by atoms with Crippen molar-refractivity contribution in [3.63, 3.8) is 0 Å². The lowest BCUT2D eigenvalue weighted by Crippen LogP contribution is -1.96. The molecule has 6 rings (SSSR count). The van der Waals surface area contributed by atoms with Gasteiger partial charge < -0.3 is 19.0 Å². The van der Waals surface area contributed by atoms with Gasteiger partial charge in [-0.15, -0.1) is 0 Å². The molecule has 0 aliphatic rings. The highest BCUT2D eigenvalue weighted by Gasteiger charge is 2.18. The number of hydrogen-bond acceptors (Lipinski definition) is 2. The lowest BCUT2D eigenvalue weighted by Gasteiger charge is -2.11. The van der Waals surface area contributed by atoms with Crippen molar-refractivity contribution in [2.75, 3.05) is 14.2 Å². The first-order valence-electron chi connectivity index (χ1n) is 10.8. The highest BCUT2D eigenvalue weighted by molar-refractivity contribution is 6.13. The van der Waals surface area contributed by atoms with Gasteiger partial charge in [0.2, 0.25) is 0 Å². The molecular weight excluding hydrogens is 396 g/mol. The van der Waals surface area contributed by atoms with E-state index in [-0.39, 0.29) is 0 Å². The van der Waals surface area contributed by atoms with Crippen LogP contribution in [0, 0.1) is 13.8 Å². The van der Waals surface area contributed by atoms with Crippen LogP contribution in [0.3, 0.4) is 0 Å². The van der Waals surface area contributed by atoms with Gasteiger partial charge in [-0.3, -0.25) is 0 Å². The van der Waals surface area contributed by atoms with E-state index in [1.54, 1.807) is 14.2 Å². The van der Waals surface area contributed by atoms with Crippen molar-refractivity contribution in [2.24, 2.45) is 0 Å². The van der Waals surface area contributed by atoms with Gasteiger partial charge in [0.15, 0.2) is 0 Å². The maximum atomic E-state index is 5.85. The number of rotatable bonds is 3. The van der Waals surface area contributed by atoms with Crippen LogP contribution in [-0.4, -0.2) is 23.8 Å². The standard InChI is InChI=1S/C28H24N2O2/c1-16-11-21-20-15-18(9-10-23(20)29-27(21)25(13-16)31-3)30-24-8-6-5-7-19(24)22-12-17(2)14-26(32-4)28(22)30/h5-15,29H,1-4H3. The Morgan fingerprint density at radius 2 is 1.41 bits per heavy atom. The summed E-state index contributed by atoms with van der Waals surface area (Å²) in [7, 11) is 3.46. The first kappa shape index (κ1) is 18.8. The van der Waals surface area contributed by atoms with Crippen LogP contribution in [0.2, 0.25) is 0 Å². The molecule has 1 N–H and O–H groups in total. The van der Waals surface area contributed by atoms with E-state index in [0.717, 1.165) is 33.7 Å². The summed E-state index contributed by atoms with van der Waals surface area (Å²) < 4.78 is 13.8. The fraction of sp³-hybridized carbons (Fsp3) is 0.143. The Morgan fingerprint density at radius 3 is 2.19 bits per heavy atom. The highest BCUT2D eigenvalue weighted by atomic mass is 16.5. The number of hydrogen-bond donors (Lipinski definition) is 1. The van der Waals surface area contributed by atoms with Crippen molar-refractivity contribution in [3.8, 4) is 17.2 Å². The number of nitrogens with zero attached hydrogens (tertiary/aromatic N) is 1. The minimum absolute atomic E-state index is 0.867. The quantitative estimate of drug-likeness (QED) is 0.333. The smallest absolute Gasteiger partial charge is 0.143 e. The van der Waals surface area contributed by atoms with Gasteiger partial charge >= 0.3 is 0 Å². The van der Waals surface area contributed by atoms with Crippen molar-refractivity contribution in [3.05, 3.63) is 77.9 Å². The van der Waals surface area contributed by atoms with Gasteiger partial charge in [-0.05, 0) is 73.5 Å². The fourth-order valence-electron chi connectivity index (χ4n) is 5.02. The molecule has 32 heavy (non-hydrogen) atoms.